The van der Waals surface area contributed by atoms with E-state index in [1.54, 1.807) is 0 Å². The van der Waals surface area contributed by atoms with Gasteiger partial charge in [-0.1, -0.05) is 31.7 Å². The van der Waals surface area contributed by atoms with Crippen LogP contribution in [0.5, 0.6) is 0 Å². The smallest absolute Gasteiger partial charge is 0.382 e. The highest BCUT2D eigenvalue weighted by molar-refractivity contribution is 5.83. The average Bonchev–Trinajstić information content (AvgIpc) is 3.26. The Morgan fingerprint density at radius 2 is 1.85 bits per heavy atom. The second-order valence-corrected chi connectivity index (χ2v) is 8.06. The molecule has 0 atom stereocenters. The predicted octanol–water partition coefficient (Wildman–Crippen LogP) is 6.83. The molecule has 34 heavy (non-hydrogen) atoms. The van der Waals surface area contributed by atoms with Crippen LogP contribution in [0.15, 0.2) is 43.0 Å². The van der Waals surface area contributed by atoms with Gasteiger partial charge in [0.25, 0.3) is 0 Å². The van der Waals surface area contributed by atoms with Crippen LogP contribution in [0.4, 0.5) is 33.5 Å². The molecule has 0 aliphatic heterocycles. The van der Waals surface area contributed by atoms with E-state index in [1.807, 2.05) is 6.92 Å². The largest absolute Gasteiger partial charge is 0.417 e. The molecule has 9 heteroatoms. The Hall–Kier alpha value is -3.49. The first-order valence-electron chi connectivity index (χ1n) is 10.9. The van der Waals surface area contributed by atoms with E-state index in [1.165, 1.54) is 18.2 Å². The summed E-state index contributed by atoms with van der Waals surface area (Å²) in [5.74, 6) is -1.33. The molecule has 2 N–H and O–H groups in total. The normalized spacial score (nSPS) is 13.0. The zero-order valence-electron chi connectivity index (χ0n) is 18.5. The van der Waals surface area contributed by atoms with Gasteiger partial charge in [-0.2, -0.15) is 13.2 Å². The summed E-state index contributed by atoms with van der Waals surface area (Å²) >= 11 is 0. The first-order valence-corrected chi connectivity index (χ1v) is 10.9. The summed E-state index contributed by atoms with van der Waals surface area (Å²) in [5.41, 5.74) is 0.861. The number of nitrogens with one attached hydrogen (secondary N) is 2. The molecule has 0 fully saturated rings. The van der Waals surface area contributed by atoms with Crippen LogP contribution in [-0.2, 0) is 19.0 Å². The van der Waals surface area contributed by atoms with Gasteiger partial charge in [-0.3, -0.25) is 0 Å². The van der Waals surface area contributed by atoms with Crippen molar-refractivity contribution in [1.82, 2.24) is 9.97 Å². The minimum Gasteiger partial charge on any atom is -0.382 e. The molecule has 4 rings (SSSR count). The van der Waals surface area contributed by atoms with E-state index < -0.39 is 23.4 Å². The van der Waals surface area contributed by atoms with E-state index >= 15 is 0 Å². The van der Waals surface area contributed by atoms with E-state index in [2.05, 4.69) is 27.2 Å². The Morgan fingerprint density at radius 1 is 1.09 bits per heavy atom. The highest BCUT2D eigenvalue weighted by atomic mass is 19.4. The topological polar surface area (TPSA) is 49.8 Å². The SMILES string of the molecule is C=C(Nc1nc(-c2ccccc2C(F)(F)F)nc2c1CCC2)c1cc(F)cc(F)c1NCCC. The Balaban J connectivity index is 1.77. The minimum atomic E-state index is -4.57. The van der Waals surface area contributed by atoms with Gasteiger partial charge in [-0.15, -0.1) is 0 Å². The van der Waals surface area contributed by atoms with Gasteiger partial charge in [-0.05, 0) is 37.8 Å². The number of hydrogen-bond acceptors (Lipinski definition) is 4. The van der Waals surface area contributed by atoms with Gasteiger partial charge in [0.05, 0.1) is 11.3 Å². The van der Waals surface area contributed by atoms with E-state index in [-0.39, 0.29) is 34.2 Å². The van der Waals surface area contributed by atoms with Crippen molar-refractivity contribution in [1.29, 1.82) is 0 Å². The van der Waals surface area contributed by atoms with E-state index in [0.29, 0.717) is 25.1 Å². The summed E-state index contributed by atoms with van der Waals surface area (Å²) in [7, 11) is 0. The van der Waals surface area contributed by atoms with Crippen LogP contribution in [0, 0.1) is 11.6 Å². The molecule has 0 spiro atoms. The van der Waals surface area contributed by atoms with Crippen LogP contribution in [0.25, 0.3) is 17.1 Å². The zero-order valence-corrected chi connectivity index (χ0v) is 18.5. The lowest BCUT2D eigenvalue weighted by atomic mass is 10.1. The maximum absolute atomic E-state index is 14.5. The number of halogens is 5. The third kappa shape index (κ3) is 4.73. The van der Waals surface area contributed by atoms with Gasteiger partial charge in [0.2, 0.25) is 0 Å². The summed E-state index contributed by atoms with van der Waals surface area (Å²) in [5, 5.41) is 5.94. The summed E-state index contributed by atoms with van der Waals surface area (Å²) < 4.78 is 69.3. The van der Waals surface area contributed by atoms with Crippen molar-refractivity contribution < 1.29 is 22.0 Å². The molecule has 178 valence electrons. The molecule has 0 saturated carbocycles. The van der Waals surface area contributed by atoms with Crippen molar-refractivity contribution in [3.05, 3.63) is 77.0 Å². The van der Waals surface area contributed by atoms with E-state index in [0.717, 1.165) is 36.6 Å². The second kappa shape index (κ2) is 9.40. The fraction of sp³-hybridized carbons (Fsp3) is 0.280. The maximum atomic E-state index is 14.5. The van der Waals surface area contributed by atoms with Gasteiger partial charge in [0.1, 0.15) is 17.5 Å². The van der Waals surface area contributed by atoms with Crippen molar-refractivity contribution in [2.45, 2.75) is 38.8 Å². The number of benzene rings is 2. The minimum absolute atomic E-state index is 0.0707. The maximum Gasteiger partial charge on any atom is 0.417 e. The lowest BCUT2D eigenvalue weighted by molar-refractivity contribution is -0.137. The van der Waals surface area contributed by atoms with Gasteiger partial charge in [0, 0.05) is 40.7 Å². The molecule has 1 aliphatic rings. The van der Waals surface area contributed by atoms with Crippen molar-refractivity contribution in [3.8, 4) is 11.4 Å². The quantitative estimate of drug-likeness (QED) is 0.369. The highest BCUT2D eigenvalue weighted by Crippen LogP contribution is 2.38. The molecule has 0 amide bonds. The molecule has 4 nitrogen and oxygen atoms in total. The number of fused-ring (bicyclic) bond motifs is 1. The Labute approximate surface area is 194 Å². The summed E-state index contributed by atoms with van der Waals surface area (Å²) in [6, 6.07) is 7.05. The Bertz CT molecular complexity index is 1240. The number of aromatic nitrogens is 2. The van der Waals surface area contributed by atoms with Crippen molar-refractivity contribution in [3.63, 3.8) is 0 Å². The summed E-state index contributed by atoms with van der Waals surface area (Å²) in [6.07, 6.45) is -1.86. The molecule has 0 unspecified atom stereocenters. The van der Waals surface area contributed by atoms with Crippen LogP contribution >= 0.6 is 0 Å². The fourth-order valence-corrected chi connectivity index (χ4v) is 4.03. The third-order valence-corrected chi connectivity index (χ3v) is 5.61. The molecule has 0 bridgehead atoms. The molecule has 2 aromatic carbocycles. The molecule has 0 saturated heterocycles. The number of nitrogens with zero attached hydrogens (tertiary/aromatic N) is 2. The predicted molar refractivity (Wildman–Crippen MR) is 122 cm³/mol. The van der Waals surface area contributed by atoms with Crippen LogP contribution in [0.1, 0.15) is 42.1 Å². The second-order valence-electron chi connectivity index (χ2n) is 8.06. The van der Waals surface area contributed by atoms with Gasteiger partial charge >= 0.3 is 6.18 Å². The first-order chi connectivity index (χ1) is 16.2. The lowest BCUT2D eigenvalue weighted by Crippen LogP contribution is -2.12. The molecule has 0 radical (unpaired) electrons. The van der Waals surface area contributed by atoms with Crippen LogP contribution < -0.4 is 10.6 Å². The van der Waals surface area contributed by atoms with Crippen LogP contribution in [-0.4, -0.2) is 16.5 Å². The average molecular weight is 474 g/mol. The lowest BCUT2D eigenvalue weighted by Gasteiger charge is -2.18. The number of alkyl halides is 3. The fourth-order valence-electron chi connectivity index (χ4n) is 4.03. The highest BCUT2D eigenvalue weighted by Gasteiger charge is 2.34. The number of anilines is 2. The number of aryl methyl sites for hydroxylation is 1. The standard InChI is InChI=1S/C25H23F5N4/c1-3-11-31-22-18(12-15(26)13-20(22)27)14(2)32-24-17-8-6-10-21(17)33-23(34-24)16-7-4-5-9-19(16)25(28,29)30/h4-5,7,9,12-13,31H,2-3,6,8,10-11H2,1H3,(H,32,33,34). The van der Waals surface area contributed by atoms with E-state index in [9.17, 15) is 22.0 Å². The molecular weight excluding hydrogens is 451 g/mol. The molecule has 1 aliphatic carbocycles. The van der Waals surface area contributed by atoms with Crippen molar-refractivity contribution in [2.75, 3.05) is 17.2 Å². The van der Waals surface area contributed by atoms with Crippen molar-refractivity contribution >= 4 is 17.2 Å². The van der Waals surface area contributed by atoms with Gasteiger partial charge < -0.3 is 10.6 Å². The molecule has 1 heterocycles. The summed E-state index contributed by atoms with van der Waals surface area (Å²) in [4.78, 5) is 8.81. The van der Waals surface area contributed by atoms with Crippen molar-refractivity contribution in [2.24, 2.45) is 0 Å². The monoisotopic (exact) mass is 474 g/mol. The summed E-state index contributed by atoms with van der Waals surface area (Å²) in [6.45, 7) is 6.30. The third-order valence-electron chi connectivity index (χ3n) is 5.61. The molecular formula is C25H23F5N4. The molecule has 1 aromatic heterocycles. The molecule has 3 aromatic rings. The first kappa shape index (κ1) is 23.7. The number of hydrogen-bond donors (Lipinski definition) is 2. The van der Waals surface area contributed by atoms with Crippen LogP contribution in [0.2, 0.25) is 0 Å². The van der Waals surface area contributed by atoms with E-state index in [4.69, 9.17) is 0 Å². The number of rotatable bonds is 7. The Kier molecular flexibility index (Phi) is 6.54. The van der Waals surface area contributed by atoms with Crippen LogP contribution in [0.3, 0.4) is 0 Å². The zero-order chi connectivity index (χ0) is 24.5. The Morgan fingerprint density at radius 3 is 2.59 bits per heavy atom. The van der Waals surface area contributed by atoms with Gasteiger partial charge in [-0.25, -0.2) is 18.7 Å². The van der Waals surface area contributed by atoms with Gasteiger partial charge in [0.15, 0.2) is 5.82 Å².